The first-order valence-electron chi connectivity index (χ1n) is 12.2. The van der Waals surface area contributed by atoms with Gasteiger partial charge < -0.3 is 14.1 Å². The van der Waals surface area contributed by atoms with E-state index in [2.05, 4.69) is 82.9 Å². The number of hydrogen-bond acceptors (Lipinski definition) is 2. The van der Waals surface area contributed by atoms with Gasteiger partial charge in [0.1, 0.15) is 11.5 Å². The van der Waals surface area contributed by atoms with Crippen molar-refractivity contribution in [2.24, 2.45) is 0 Å². The van der Waals surface area contributed by atoms with Crippen molar-refractivity contribution in [3.8, 4) is 17.0 Å². The fraction of sp³-hybridized carbons (Fsp3) is 0.400. The van der Waals surface area contributed by atoms with Crippen LogP contribution in [0.5, 0.6) is 5.75 Å². The molecule has 0 saturated carbocycles. The van der Waals surface area contributed by atoms with E-state index >= 15 is 0 Å². The summed E-state index contributed by atoms with van der Waals surface area (Å²) < 4.78 is 11.7. The monoisotopic (exact) mass is 441 g/mol. The first-order chi connectivity index (χ1) is 15.7. The second-order valence-corrected chi connectivity index (χ2v) is 10.8. The minimum Gasteiger partial charge on any atom is -0.493 e. The van der Waals surface area contributed by atoms with Crippen LogP contribution in [0.25, 0.3) is 22.2 Å². The van der Waals surface area contributed by atoms with Crippen LogP contribution in [0.1, 0.15) is 81.4 Å². The largest absolute Gasteiger partial charge is 0.493 e. The molecule has 1 aliphatic heterocycles. The average molecular weight is 442 g/mol. The Kier molecular flexibility index (Phi) is 5.39. The van der Waals surface area contributed by atoms with Crippen molar-refractivity contribution in [1.29, 1.82) is 0 Å². The zero-order valence-electron chi connectivity index (χ0n) is 20.7. The molecule has 0 amide bonds. The first kappa shape index (κ1) is 21.9. The summed E-state index contributed by atoms with van der Waals surface area (Å²) in [4.78, 5) is 3.82. The minimum absolute atomic E-state index is 0.0671. The molecule has 3 heteroatoms. The van der Waals surface area contributed by atoms with Gasteiger partial charge in [0.15, 0.2) is 0 Å². The molecule has 5 rings (SSSR count). The highest BCUT2D eigenvalue weighted by Gasteiger charge is 2.27. The van der Waals surface area contributed by atoms with Crippen LogP contribution < -0.4 is 4.74 Å². The summed E-state index contributed by atoms with van der Waals surface area (Å²) in [6.45, 7) is 14.4. The number of benzene rings is 2. The molecule has 0 spiro atoms. The van der Waals surface area contributed by atoms with Crippen LogP contribution in [0.3, 0.4) is 0 Å². The first-order valence-corrected chi connectivity index (χ1v) is 12.2. The van der Waals surface area contributed by atoms with E-state index in [1.807, 2.05) is 6.07 Å². The number of aromatic nitrogens is 1. The van der Waals surface area contributed by atoms with Crippen molar-refractivity contribution in [1.82, 2.24) is 4.98 Å². The number of hydrogen-bond donors (Lipinski definition) is 1. The molecule has 3 nitrogen and oxygen atoms in total. The molecule has 0 bridgehead atoms. The molecule has 0 saturated heterocycles. The van der Waals surface area contributed by atoms with Crippen LogP contribution >= 0.6 is 0 Å². The molecule has 4 aromatic rings. The number of nitrogens with one attached hydrogen (secondary N) is 1. The maximum atomic E-state index is 5.97. The molecule has 2 aromatic carbocycles. The van der Waals surface area contributed by atoms with Crippen molar-refractivity contribution >= 4 is 10.9 Å². The molecule has 0 fully saturated rings. The van der Waals surface area contributed by atoms with E-state index in [0.717, 1.165) is 31.0 Å². The zero-order valence-corrected chi connectivity index (χ0v) is 20.7. The Balaban J connectivity index is 1.61. The smallest absolute Gasteiger partial charge is 0.126 e. The lowest BCUT2D eigenvalue weighted by Gasteiger charge is -2.25. The Hall–Kier alpha value is -2.94. The molecule has 3 heterocycles. The highest BCUT2D eigenvalue weighted by atomic mass is 16.5. The van der Waals surface area contributed by atoms with Gasteiger partial charge >= 0.3 is 0 Å². The second-order valence-electron chi connectivity index (χ2n) is 10.8. The van der Waals surface area contributed by atoms with Gasteiger partial charge in [-0.3, -0.25) is 0 Å². The van der Waals surface area contributed by atoms with Gasteiger partial charge in [-0.1, -0.05) is 53.7 Å². The fourth-order valence-corrected chi connectivity index (χ4v) is 5.38. The quantitative estimate of drug-likeness (QED) is 0.328. The minimum atomic E-state index is -0.0671. The topological polar surface area (TPSA) is 38.2 Å². The fourth-order valence-electron chi connectivity index (χ4n) is 5.38. The molecular formula is C30H35NO2. The van der Waals surface area contributed by atoms with E-state index < -0.39 is 0 Å². The molecule has 2 aromatic heterocycles. The molecule has 1 N–H and O–H groups in total. The van der Waals surface area contributed by atoms with Crippen LogP contribution in [0, 0.1) is 0 Å². The number of aromatic amines is 1. The molecule has 1 aliphatic rings. The molecular weight excluding hydrogens is 406 g/mol. The highest BCUT2D eigenvalue weighted by Crippen LogP contribution is 2.40. The summed E-state index contributed by atoms with van der Waals surface area (Å²) in [7, 11) is 0. The van der Waals surface area contributed by atoms with Gasteiger partial charge in [0.2, 0.25) is 0 Å². The molecule has 0 unspecified atom stereocenters. The van der Waals surface area contributed by atoms with E-state index in [-0.39, 0.29) is 5.41 Å². The number of rotatable bonds is 6. The van der Waals surface area contributed by atoms with Crippen molar-refractivity contribution in [3.05, 3.63) is 76.7 Å². The predicted octanol–water partition coefficient (Wildman–Crippen LogP) is 8.13. The van der Waals surface area contributed by atoms with Crippen molar-refractivity contribution < 1.29 is 9.15 Å². The van der Waals surface area contributed by atoms with Gasteiger partial charge in [-0.25, -0.2) is 0 Å². The second kappa shape index (κ2) is 8.13. The lowest BCUT2D eigenvalue weighted by atomic mass is 9.80. The van der Waals surface area contributed by atoms with Crippen molar-refractivity contribution in [3.63, 3.8) is 0 Å². The van der Waals surface area contributed by atoms with Gasteiger partial charge in [-0.15, -0.1) is 0 Å². The van der Waals surface area contributed by atoms with Gasteiger partial charge in [0, 0.05) is 28.4 Å². The molecule has 33 heavy (non-hydrogen) atoms. The molecule has 0 atom stereocenters. The van der Waals surface area contributed by atoms with Crippen LogP contribution in [0.4, 0.5) is 0 Å². The Bertz CT molecular complexity index is 1290. The van der Waals surface area contributed by atoms with Crippen LogP contribution in [0.15, 0.2) is 53.1 Å². The molecule has 0 radical (unpaired) electrons. The highest BCUT2D eigenvalue weighted by molar-refractivity contribution is 5.90. The van der Waals surface area contributed by atoms with Gasteiger partial charge in [-0.2, -0.15) is 0 Å². The van der Waals surface area contributed by atoms with Crippen molar-refractivity contribution in [2.45, 2.75) is 71.6 Å². The normalized spacial score (nSPS) is 13.8. The summed E-state index contributed by atoms with van der Waals surface area (Å²) in [5.41, 5.74) is 9.07. The standard InChI is InChI=1S/C30H35NO2/c1-18(2)24-15-23(14-21-11-13-33-29(21)24)25-16-20-9-10-22(27(19(3)4)28(20)31-25)17-30(5,6)26-8-7-12-32-26/h7-10,12,14-16,18-19,31H,11,13,17H2,1-6H3. The Labute approximate surface area is 197 Å². The SMILES string of the molecule is CC(C)c1cc(-c2cc3ccc(CC(C)(C)c4ccco4)c(C(C)C)c3[nH]2)cc2c1OCC2. The lowest BCUT2D eigenvalue weighted by Crippen LogP contribution is -2.20. The third-order valence-corrected chi connectivity index (χ3v) is 7.07. The summed E-state index contributed by atoms with van der Waals surface area (Å²) in [6, 6.07) is 15.6. The molecule has 172 valence electrons. The summed E-state index contributed by atoms with van der Waals surface area (Å²) >= 11 is 0. The Morgan fingerprint density at radius 2 is 1.82 bits per heavy atom. The van der Waals surface area contributed by atoms with Crippen LogP contribution in [0.2, 0.25) is 0 Å². The maximum Gasteiger partial charge on any atom is 0.126 e. The van der Waals surface area contributed by atoms with Crippen molar-refractivity contribution in [2.75, 3.05) is 6.61 Å². The van der Waals surface area contributed by atoms with Gasteiger partial charge in [0.05, 0.1) is 12.9 Å². The Morgan fingerprint density at radius 3 is 2.52 bits per heavy atom. The van der Waals surface area contributed by atoms with E-state index in [1.54, 1.807) is 6.26 Å². The van der Waals surface area contributed by atoms with E-state index in [0.29, 0.717) is 11.8 Å². The van der Waals surface area contributed by atoms with Gasteiger partial charge in [0.25, 0.3) is 0 Å². The average Bonchev–Trinajstić information content (AvgIpc) is 3.51. The summed E-state index contributed by atoms with van der Waals surface area (Å²) in [6.07, 6.45) is 3.70. The van der Waals surface area contributed by atoms with E-state index in [1.165, 1.54) is 44.4 Å². The zero-order chi connectivity index (χ0) is 23.3. The third-order valence-electron chi connectivity index (χ3n) is 7.07. The van der Waals surface area contributed by atoms with Gasteiger partial charge in [-0.05, 0) is 76.4 Å². The van der Waals surface area contributed by atoms with Crippen LogP contribution in [-0.2, 0) is 18.3 Å². The summed E-state index contributed by atoms with van der Waals surface area (Å²) in [5, 5.41) is 1.27. The van der Waals surface area contributed by atoms with Crippen LogP contribution in [-0.4, -0.2) is 11.6 Å². The van der Waals surface area contributed by atoms with E-state index in [9.17, 15) is 0 Å². The summed E-state index contributed by atoms with van der Waals surface area (Å²) in [5.74, 6) is 2.99. The number of H-pyrrole nitrogens is 1. The number of fused-ring (bicyclic) bond motifs is 2. The molecule has 0 aliphatic carbocycles. The maximum absolute atomic E-state index is 5.97. The third kappa shape index (κ3) is 3.88. The number of furan rings is 1. The predicted molar refractivity (Wildman–Crippen MR) is 137 cm³/mol. The van der Waals surface area contributed by atoms with E-state index in [4.69, 9.17) is 9.15 Å². The number of ether oxygens (including phenoxy) is 1. The Morgan fingerprint density at radius 1 is 1.00 bits per heavy atom. The lowest BCUT2D eigenvalue weighted by molar-refractivity contribution is 0.352.